The Morgan fingerprint density at radius 2 is 1.76 bits per heavy atom. The lowest BCUT2D eigenvalue weighted by molar-refractivity contribution is -0.135. The van der Waals surface area contributed by atoms with Crippen LogP contribution < -0.4 is 9.47 Å². The second-order valence-corrected chi connectivity index (χ2v) is 6.56. The molecular weight excluding hydrogens is 314 g/mol. The second kappa shape index (κ2) is 8.06. The van der Waals surface area contributed by atoms with Gasteiger partial charge < -0.3 is 14.4 Å². The number of benzene rings is 2. The minimum atomic E-state index is 0.257. The molecule has 2 aromatic carbocycles. The Hall–Kier alpha value is -2.49. The van der Waals surface area contributed by atoms with E-state index in [2.05, 4.69) is 18.2 Å². The van der Waals surface area contributed by atoms with Crippen LogP contribution >= 0.6 is 0 Å². The molecular formula is C21H25NO3. The monoisotopic (exact) mass is 339 g/mol. The molecule has 1 aliphatic heterocycles. The predicted molar refractivity (Wildman–Crippen MR) is 97.8 cm³/mol. The van der Waals surface area contributed by atoms with Crippen LogP contribution in [0.25, 0.3) is 0 Å². The number of methoxy groups -OCH3 is 2. The van der Waals surface area contributed by atoms with Crippen molar-refractivity contribution in [1.29, 1.82) is 0 Å². The van der Waals surface area contributed by atoms with Crippen LogP contribution in [0.2, 0.25) is 0 Å². The third kappa shape index (κ3) is 4.32. The molecule has 2 aromatic rings. The fraction of sp³-hybridized carbons (Fsp3) is 0.381. The first-order valence-electron chi connectivity index (χ1n) is 8.72. The van der Waals surface area contributed by atoms with Gasteiger partial charge in [-0.15, -0.1) is 0 Å². The molecule has 1 aliphatic rings. The van der Waals surface area contributed by atoms with Crippen LogP contribution in [0.15, 0.2) is 48.5 Å². The summed E-state index contributed by atoms with van der Waals surface area (Å²) in [6, 6.07) is 16.3. The van der Waals surface area contributed by atoms with E-state index in [1.165, 1.54) is 11.1 Å². The number of likely N-dealkylation sites (tertiary alicyclic amines) is 1. The number of amides is 1. The SMILES string of the molecule is COc1ccc(CC2CCC(=O)N(Cc3ccccc3)C2)cc1OC. The molecule has 25 heavy (non-hydrogen) atoms. The van der Waals surface area contributed by atoms with E-state index >= 15 is 0 Å². The van der Waals surface area contributed by atoms with Crippen molar-refractivity contribution in [2.75, 3.05) is 20.8 Å². The van der Waals surface area contributed by atoms with Crippen molar-refractivity contribution >= 4 is 5.91 Å². The number of piperidine rings is 1. The van der Waals surface area contributed by atoms with Crippen LogP contribution in [0.3, 0.4) is 0 Å². The zero-order valence-corrected chi connectivity index (χ0v) is 14.9. The van der Waals surface area contributed by atoms with Gasteiger partial charge in [-0.25, -0.2) is 0 Å². The first kappa shape index (κ1) is 17.3. The summed E-state index contributed by atoms with van der Waals surface area (Å²) in [6.45, 7) is 1.50. The smallest absolute Gasteiger partial charge is 0.222 e. The van der Waals surface area contributed by atoms with E-state index in [0.717, 1.165) is 30.9 Å². The summed E-state index contributed by atoms with van der Waals surface area (Å²) in [4.78, 5) is 14.3. The van der Waals surface area contributed by atoms with Crippen LogP contribution in [-0.4, -0.2) is 31.6 Å². The fourth-order valence-electron chi connectivity index (χ4n) is 3.45. The minimum absolute atomic E-state index is 0.257. The van der Waals surface area contributed by atoms with Crippen molar-refractivity contribution in [3.63, 3.8) is 0 Å². The van der Waals surface area contributed by atoms with E-state index in [4.69, 9.17) is 9.47 Å². The first-order valence-corrected chi connectivity index (χ1v) is 8.72. The Labute approximate surface area is 149 Å². The number of ether oxygens (including phenoxy) is 2. The number of carbonyl (C=O) groups is 1. The normalized spacial score (nSPS) is 17.4. The van der Waals surface area contributed by atoms with Gasteiger partial charge in [-0.1, -0.05) is 36.4 Å². The summed E-state index contributed by atoms with van der Waals surface area (Å²) in [5.74, 6) is 2.23. The van der Waals surface area contributed by atoms with Gasteiger partial charge in [0, 0.05) is 19.5 Å². The largest absolute Gasteiger partial charge is 0.493 e. The van der Waals surface area contributed by atoms with Gasteiger partial charge in [-0.3, -0.25) is 4.79 Å². The lowest BCUT2D eigenvalue weighted by Crippen LogP contribution is -2.40. The highest BCUT2D eigenvalue weighted by molar-refractivity contribution is 5.77. The Balaban J connectivity index is 1.66. The molecule has 132 valence electrons. The molecule has 0 aliphatic carbocycles. The van der Waals surface area contributed by atoms with Crippen molar-refractivity contribution in [2.45, 2.75) is 25.8 Å². The molecule has 1 fully saturated rings. The van der Waals surface area contributed by atoms with E-state index < -0.39 is 0 Å². The molecule has 0 radical (unpaired) electrons. The molecule has 4 heteroatoms. The zero-order chi connectivity index (χ0) is 17.6. The third-order valence-corrected chi connectivity index (χ3v) is 4.79. The fourth-order valence-corrected chi connectivity index (χ4v) is 3.45. The van der Waals surface area contributed by atoms with E-state index in [9.17, 15) is 4.79 Å². The van der Waals surface area contributed by atoms with Crippen LogP contribution in [0.4, 0.5) is 0 Å². The topological polar surface area (TPSA) is 38.8 Å². The first-order chi connectivity index (χ1) is 12.2. The molecule has 0 spiro atoms. The van der Waals surface area contributed by atoms with Gasteiger partial charge in [0.15, 0.2) is 11.5 Å². The molecule has 0 N–H and O–H groups in total. The van der Waals surface area contributed by atoms with Gasteiger partial charge >= 0.3 is 0 Å². The maximum atomic E-state index is 12.3. The minimum Gasteiger partial charge on any atom is -0.493 e. The molecule has 1 heterocycles. The second-order valence-electron chi connectivity index (χ2n) is 6.56. The van der Waals surface area contributed by atoms with Gasteiger partial charge in [-0.2, -0.15) is 0 Å². The number of hydrogen-bond donors (Lipinski definition) is 0. The summed E-state index contributed by atoms with van der Waals surface area (Å²) in [5.41, 5.74) is 2.40. The molecule has 1 unspecified atom stereocenters. The molecule has 1 atom stereocenters. The predicted octanol–water partition coefficient (Wildman–Crippen LogP) is 3.69. The number of nitrogens with zero attached hydrogens (tertiary/aromatic N) is 1. The highest BCUT2D eigenvalue weighted by Gasteiger charge is 2.26. The Bertz CT molecular complexity index is 714. The van der Waals surface area contributed by atoms with Crippen molar-refractivity contribution in [3.8, 4) is 11.5 Å². The highest BCUT2D eigenvalue weighted by Crippen LogP contribution is 2.30. The standard InChI is InChI=1S/C21H25NO3/c1-24-19-10-8-17(13-20(19)25-2)12-18-9-11-21(23)22(15-18)14-16-6-4-3-5-7-16/h3-8,10,13,18H,9,11-12,14-15H2,1-2H3. The van der Waals surface area contributed by atoms with E-state index in [1.807, 2.05) is 35.2 Å². The molecule has 0 aromatic heterocycles. The van der Waals surface area contributed by atoms with Gasteiger partial charge in [-0.05, 0) is 42.0 Å². The van der Waals surface area contributed by atoms with Crippen molar-refractivity contribution in [1.82, 2.24) is 4.90 Å². The lowest BCUT2D eigenvalue weighted by Gasteiger charge is -2.33. The van der Waals surface area contributed by atoms with Gasteiger partial charge in [0.2, 0.25) is 5.91 Å². The summed E-state index contributed by atoms with van der Waals surface area (Å²) in [5, 5.41) is 0. The molecule has 4 nitrogen and oxygen atoms in total. The number of hydrogen-bond acceptors (Lipinski definition) is 3. The van der Waals surface area contributed by atoms with E-state index in [1.54, 1.807) is 14.2 Å². The highest BCUT2D eigenvalue weighted by atomic mass is 16.5. The Morgan fingerprint density at radius 1 is 1.00 bits per heavy atom. The average Bonchev–Trinajstić information content (AvgIpc) is 2.65. The van der Waals surface area contributed by atoms with Crippen molar-refractivity contribution in [3.05, 3.63) is 59.7 Å². The molecule has 1 saturated heterocycles. The summed E-state index contributed by atoms with van der Waals surface area (Å²) < 4.78 is 10.7. The van der Waals surface area contributed by atoms with Gasteiger partial charge in [0.25, 0.3) is 0 Å². The van der Waals surface area contributed by atoms with Crippen molar-refractivity contribution in [2.24, 2.45) is 5.92 Å². The van der Waals surface area contributed by atoms with Gasteiger partial charge in [0.05, 0.1) is 14.2 Å². The van der Waals surface area contributed by atoms with E-state index in [-0.39, 0.29) is 5.91 Å². The maximum absolute atomic E-state index is 12.3. The Morgan fingerprint density at radius 3 is 2.48 bits per heavy atom. The summed E-state index contributed by atoms with van der Waals surface area (Å²) in [6.07, 6.45) is 2.52. The molecule has 1 amide bonds. The maximum Gasteiger partial charge on any atom is 0.222 e. The Kier molecular flexibility index (Phi) is 5.59. The van der Waals surface area contributed by atoms with Crippen LogP contribution in [-0.2, 0) is 17.8 Å². The molecule has 3 rings (SSSR count). The number of carbonyl (C=O) groups excluding carboxylic acids is 1. The summed E-state index contributed by atoms with van der Waals surface area (Å²) >= 11 is 0. The van der Waals surface area contributed by atoms with Gasteiger partial charge in [0.1, 0.15) is 0 Å². The lowest BCUT2D eigenvalue weighted by atomic mass is 9.90. The third-order valence-electron chi connectivity index (χ3n) is 4.79. The average molecular weight is 339 g/mol. The van der Waals surface area contributed by atoms with Crippen LogP contribution in [0.1, 0.15) is 24.0 Å². The number of rotatable bonds is 6. The zero-order valence-electron chi connectivity index (χ0n) is 14.9. The molecule has 0 bridgehead atoms. The van der Waals surface area contributed by atoms with Crippen molar-refractivity contribution < 1.29 is 14.3 Å². The molecule has 0 saturated carbocycles. The quantitative estimate of drug-likeness (QED) is 0.806. The van der Waals surface area contributed by atoms with E-state index in [0.29, 0.717) is 18.9 Å². The summed E-state index contributed by atoms with van der Waals surface area (Å²) in [7, 11) is 3.30. The van der Waals surface area contributed by atoms with Crippen LogP contribution in [0.5, 0.6) is 11.5 Å². The van der Waals surface area contributed by atoms with Crippen LogP contribution in [0, 0.1) is 5.92 Å².